The molecule has 11 heteroatoms. The number of benzene rings is 1. The molecule has 1 aromatic carbocycles. The summed E-state index contributed by atoms with van der Waals surface area (Å²) >= 11 is 8.71. The lowest BCUT2D eigenvalue weighted by Crippen LogP contribution is -2.42. The lowest BCUT2D eigenvalue weighted by atomic mass is 10.1. The molecule has 3 heterocycles. The summed E-state index contributed by atoms with van der Waals surface area (Å²) in [5.41, 5.74) is 1.41. The number of imidazole rings is 1. The van der Waals surface area contributed by atoms with Crippen LogP contribution in [0.3, 0.4) is 0 Å². The summed E-state index contributed by atoms with van der Waals surface area (Å²) in [6, 6.07) is 5.71. The van der Waals surface area contributed by atoms with Gasteiger partial charge in [0.2, 0.25) is 5.95 Å². The van der Waals surface area contributed by atoms with Crippen molar-refractivity contribution in [3.05, 3.63) is 39.9 Å². The molecule has 4 rings (SSSR count). The highest BCUT2D eigenvalue weighted by Crippen LogP contribution is 2.27. The zero-order valence-corrected chi connectivity index (χ0v) is 21.3. The number of anilines is 3. The van der Waals surface area contributed by atoms with Gasteiger partial charge in [-0.2, -0.15) is 4.98 Å². The van der Waals surface area contributed by atoms with Crippen LogP contribution < -0.4 is 15.9 Å². The van der Waals surface area contributed by atoms with Crippen LogP contribution in [-0.2, 0) is 13.6 Å². The molecule has 1 aliphatic heterocycles. The van der Waals surface area contributed by atoms with E-state index in [1.54, 1.807) is 36.2 Å². The Morgan fingerprint density at radius 2 is 1.94 bits per heavy atom. The average molecular weight is 572 g/mol. The van der Waals surface area contributed by atoms with Crippen molar-refractivity contribution in [3.8, 4) is 0 Å². The smallest absolute Gasteiger partial charge is 0.328 e. The first-order valence-corrected chi connectivity index (χ1v) is 11.8. The zero-order valence-electron chi connectivity index (χ0n) is 18.3. The van der Waals surface area contributed by atoms with E-state index in [1.807, 2.05) is 18.2 Å². The van der Waals surface area contributed by atoms with Crippen molar-refractivity contribution in [2.75, 3.05) is 36.4 Å². The highest BCUT2D eigenvalue weighted by Gasteiger charge is 2.20. The second kappa shape index (κ2) is 9.16. The lowest BCUT2D eigenvalue weighted by molar-refractivity contribution is 0.0662. The number of rotatable bonds is 6. The van der Waals surface area contributed by atoms with E-state index in [-0.39, 0.29) is 5.69 Å². The number of aromatic nitrogens is 4. The van der Waals surface area contributed by atoms with Crippen molar-refractivity contribution in [1.82, 2.24) is 22.2 Å². The first-order valence-electron chi connectivity index (χ1n) is 10.5. The monoisotopic (exact) mass is 571 g/mol. The van der Waals surface area contributed by atoms with Crippen molar-refractivity contribution >= 4 is 63.0 Å². The fourth-order valence-corrected chi connectivity index (χ4v) is 4.28. The molecule has 1 saturated heterocycles. The van der Waals surface area contributed by atoms with E-state index in [4.69, 9.17) is 11.6 Å². The van der Waals surface area contributed by atoms with Crippen LogP contribution in [0.4, 0.5) is 17.5 Å². The molecule has 2 aromatic heterocycles. The van der Waals surface area contributed by atoms with Crippen LogP contribution in [0.2, 0.25) is 5.02 Å². The molecule has 1 aliphatic rings. The number of nitrogens with zero attached hydrogens (tertiary/aromatic N) is 6. The molecule has 3 aromatic rings. The van der Waals surface area contributed by atoms with Gasteiger partial charge in [0.15, 0.2) is 5.82 Å². The van der Waals surface area contributed by atoms with Crippen LogP contribution in [0.15, 0.2) is 29.2 Å². The van der Waals surface area contributed by atoms with Gasteiger partial charge >= 0.3 is 5.69 Å². The molecule has 1 fully saturated rings. The van der Waals surface area contributed by atoms with Gasteiger partial charge in [-0.05, 0) is 38.5 Å². The van der Waals surface area contributed by atoms with Crippen LogP contribution in [0, 0.1) is 0 Å². The number of nitrogens with one attached hydrogen (secondary N) is 1. The summed E-state index contributed by atoms with van der Waals surface area (Å²) < 4.78 is 5.55. The molecule has 0 spiro atoms. The third-order valence-corrected chi connectivity index (χ3v) is 6.84. The molecule has 0 saturated carbocycles. The zero-order chi connectivity index (χ0) is 23.0. The van der Waals surface area contributed by atoms with Crippen molar-refractivity contribution < 1.29 is 5.11 Å². The van der Waals surface area contributed by atoms with E-state index in [2.05, 4.69) is 46.2 Å². The van der Waals surface area contributed by atoms with Gasteiger partial charge in [-0.15, -0.1) is 0 Å². The number of hydrogen-bond acceptors (Lipinski definition) is 7. The Kier molecular flexibility index (Phi) is 6.66. The van der Waals surface area contributed by atoms with Gasteiger partial charge in [-0.25, -0.2) is 12.9 Å². The van der Waals surface area contributed by atoms with Crippen molar-refractivity contribution in [3.63, 3.8) is 0 Å². The molecule has 0 unspecified atom stereocenters. The normalized spacial score (nSPS) is 15.5. The minimum absolute atomic E-state index is 0.113. The van der Waals surface area contributed by atoms with E-state index in [0.717, 1.165) is 42.9 Å². The first-order chi connectivity index (χ1) is 15.1. The second-order valence-corrected chi connectivity index (χ2v) is 10.4. The minimum atomic E-state index is -0.856. The fraction of sp³-hybridized carbons (Fsp3) is 0.476. The maximum Gasteiger partial charge on any atom is 0.328 e. The molecule has 0 bridgehead atoms. The van der Waals surface area contributed by atoms with Gasteiger partial charge in [0, 0.05) is 68.3 Å². The highest BCUT2D eigenvalue weighted by molar-refractivity contribution is 14.1. The molecule has 32 heavy (non-hydrogen) atoms. The predicted molar refractivity (Wildman–Crippen MR) is 136 cm³/mol. The topological polar surface area (TPSA) is 91.4 Å². The Hall–Kier alpha value is -1.89. The molecular weight excluding hydrogens is 545 g/mol. The molecule has 172 valence electrons. The molecule has 0 atom stereocenters. The number of fused-ring (bicyclic) bond motifs is 1. The van der Waals surface area contributed by atoms with Crippen LogP contribution in [0.1, 0.15) is 20.3 Å². The third kappa shape index (κ3) is 5.03. The van der Waals surface area contributed by atoms with Gasteiger partial charge in [-0.1, -0.05) is 11.6 Å². The van der Waals surface area contributed by atoms with Gasteiger partial charge in [-0.3, -0.25) is 9.13 Å². The fourth-order valence-electron chi connectivity index (χ4n) is 3.71. The molecule has 9 nitrogen and oxygen atoms in total. The molecule has 0 amide bonds. The molecule has 0 aliphatic carbocycles. The summed E-state index contributed by atoms with van der Waals surface area (Å²) in [6.07, 6.45) is 2.08. The first kappa shape index (κ1) is 23.3. The average Bonchev–Trinajstić information content (AvgIpc) is 2.98. The van der Waals surface area contributed by atoms with Gasteiger partial charge in [0.05, 0.1) is 22.8 Å². The van der Waals surface area contributed by atoms with Crippen molar-refractivity contribution in [2.45, 2.75) is 32.4 Å². The maximum absolute atomic E-state index is 12.7. The number of hydrogen-bond donors (Lipinski definition) is 2. The minimum Gasteiger partial charge on any atom is -0.390 e. The van der Waals surface area contributed by atoms with Crippen LogP contribution in [-0.4, -0.2) is 59.1 Å². The third-order valence-electron chi connectivity index (χ3n) is 5.59. The van der Waals surface area contributed by atoms with Crippen molar-refractivity contribution in [2.24, 2.45) is 7.05 Å². The Morgan fingerprint density at radius 3 is 2.62 bits per heavy atom. The van der Waals surface area contributed by atoms with Gasteiger partial charge < -0.3 is 15.3 Å². The van der Waals surface area contributed by atoms with E-state index in [9.17, 15) is 9.90 Å². The number of halogens is 2. The summed E-state index contributed by atoms with van der Waals surface area (Å²) in [5.74, 6) is 1.17. The Morgan fingerprint density at radius 1 is 1.22 bits per heavy atom. The largest absolute Gasteiger partial charge is 0.390 e. The maximum atomic E-state index is 12.7. The van der Waals surface area contributed by atoms with Gasteiger partial charge in [0.25, 0.3) is 0 Å². The number of piperazine rings is 1. The summed E-state index contributed by atoms with van der Waals surface area (Å²) in [5, 5.41) is 13.8. The van der Waals surface area contributed by atoms with E-state index in [0.29, 0.717) is 29.8 Å². The highest BCUT2D eigenvalue weighted by atomic mass is 127. The number of aryl methyl sites for hydroxylation is 2. The second-order valence-electron chi connectivity index (χ2n) is 8.65. The standard InChI is InChI=1S/C21H27ClIN7O2/c1-21(2,32)6-7-30-17-12-14(4-5-16(17)27(3)20(30)31)25-18-15(22)13-24-19(26-18)28-8-10-29(23)11-9-28/h4-5,12-13,32H,6-11H2,1-3H3,(H,24,25,26). The van der Waals surface area contributed by atoms with E-state index in [1.165, 1.54) is 0 Å². The molecule has 0 radical (unpaired) electrons. The van der Waals surface area contributed by atoms with E-state index >= 15 is 0 Å². The van der Waals surface area contributed by atoms with Crippen LogP contribution >= 0.6 is 34.5 Å². The van der Waals surface area contributed by atoms with Crippen LogP contribution in [0.25, 0.3) is 11.0 Å². The van der Waals surface area contributed by atoms with Crippen molar-refractivity contribution in [1.29, 1.82) is 0 Å². The molecular formula is C21H27ClIN7O2. The SMILES string of the molecule is Cn1c(=O)n(CCC(C)(C)O)c2cc(Nc3nc(N4CCN(I)CC4)ncc3Cl)ccc21. The molecule has 2 N–H and O–H groups in total. The van der Waals surface area contributed by atoms with Gasteiger partial charge in [0.1, 0.15) is 5.02 Å². The summed E-state index contributed by atoms with van der Waals surface area (Å²) in [4.78, 5) is 23.9. The quantitative estimate of drug-likeness (QED) is 0.347. The van der Waals surface area contributed by atoms with E-state index < -0.39 is 5.60 Å². The predicted octanol–water partition coefficient (Wildman–Crippen LogP) is 3.16. The summed E-state index contributed by atoms with van der Waals surface area (Å²) in [7, 11) is 1.75. The Bertz CT molecular complexity index is 1180. The number of aliphatic hydroxyl groups is 1. The Labute approximate surface area is 205 Å². The summed E-state index contributed by atoms with van der Waals surface area (Å²) in [6.45, 7) is 7.51. The van der Waals surface area contributed by atoms with Crippen LogP contribution in [0.5, 0.6) is 0 Å². The lowest BCUT2D eigenvalue weighted by Gasteiger charge is -2.31. The Balaban J connectivity index is 1.63.